The van der Waals surface area contributed by atoms with Crippen LogP contribution in [0, 0.1) is 10.8 Å². The fourth-order valence-electron chi connectivity index (χ4n) is 3.91. The molecule has 0 N–H and O–H groups in total. The molecule has 0 unspecified atom stereocenters. The quantitative estimate of drug-likeness (QED) is 0.451. The highest BCUT2D eigenvalue weighted by Crippen LogP contribution is 2.47. The molecule has 7 nitrogen and oxygen atoms in total. The average Bonchev–Trinajstić information content (AvgIpc) is 2.60. The summed E-state index contributed by atoms with van der Waals surface area (Å²) in [5.41, 5.74) is -1.49. The molecule has 0 spiro atoms. The molecule has 2 heterocycles. The highest BCUT2D eigenvalue weighted by atomic mass is 16.6. The molecule has 0 amide bonds. The summed E-state index contributed by atoms with van der Waals surface area (Å²) in [4.78, 5) is 37.8. The van der Waals surface area contributed by atoms with Gasteiger partial charge in [-0.15, -0.1) is 0 Å². The number of fused-ring (bicyclic) bond motifs is 3. The molecule has 1 aromatic heterocycles. The molecule has 7 heteroatoms. The zero-order valence-electron chi connectivity index (χ0n) is 20.7. The van der Waals surface area contributed by atoms with Gasteiger partial charge in [0.25, 0.3) is 0 Å². The van der Waals surface area contributed by atoms with Crippen molar-refractivity contribution in [1.82, 2.24) is 0 Å². The molecule has 33 heavy (non-hydrogen) atoms. The largest absolute Gasteiger partial charge is 0.483 e. The van der Waals surface area contributed by atoms with Crippen LogP contribution in [-0.4, -0.2) is 23.6 Å². The third-order valence-electron chi connectivity index (χ3n) is 5.27. The van der Waals surface area contributed by atoms with Gasteiger partial charge in [0.05, 0.1) is 18.4 Å². The van der Waals surface area contributed by atoms with Gasteiger partial charge < -0.3 is 18.6 Å². The summed E-state index contributed by atoms with van der Waals surface area (Å²) in [5.74, 6) is -0.451. The van der Waals surface area contributed by atoms with Gasteiger partial charge in [-0.05, 0) is 42.9 Å². The molecule has 0 aliphatic carbocycles. The highest BCUT2D eigenvalue weighted by molar-refractivity contribution is 5.84. The Balaban J connectivity index is 2.13. The summed E-state index contributed by atoms with van der Waals surface area (Å²) in [5, 5.41) is 0.647. The van der Waals surface area contributed by atoms with Crippen molar-refractivity contribution in [3.63, 3.8) is 0 Å². The fraction of sp³-hybridized carbons (Fsp3) is 0.577. The molecule has 1 aromatic carbocycles. The smallest absolute Gasteiger partial charge is 0.336 e. The molecular formula is C26H34O7. The van der Waals surface area contributed by atoms with E-state index in [0.29, 0.717) is 16.7 Å². The molecule has 0 saturated heterocycles. The van der Waals surface area contributed by atoms with Crippen molar-refractivity contribution in [1.29, 1.82) is 0 Å². The van der Waals surface area contributed by atoms with Crippen molar-refractivity contribution in [3.05, 3.63) is 40.2 Å². The van der Waals surface area contributed by atoms with E-state index < -0.39 is 35.4 Å². The van der Waals surface area contributed by atoms with Crippen LogP contribution in [0.25, 0.3) is 11.0 Å². The summed E-state index contributed by atoms with van der Waals surface area (Å²) in [7, 11) is 0. The Morgan fingerprint density at radius 3 is 2.03 bits per heavy atom. The predicted molar refractivity (Wildman–Crippen MR) is 124 cm³/mol. The Hall–Kier alpha value is -2.83. The number of carbonyl (C=O) groups excluding carboxylic acids is 2. The SMILES string of the molecule is CC(C)(C)CC(=O)O[C@@H]1[C@@H](OC(=O)CC(C)(C)C)c2c(ccc3ccc(=O)oc23)OC1(C)C. The molecule has 0 saturated carbocycles. The van der Waals surface area contributed by atoms with Gasteiger partial charge in [0.1, 0.15) is 16.9 Å². The molecule has 2 aromatic rings. The van der Waals surface area contributed by atoms with Gasteiger partial charge in [-0.3, -0.25) is 9.59 Å². The summed E-state index contributed by atoms with van der Waals surface area (Å²) < 4.78 is 23.6. The molecular weight excluding hydrogens is 424 g/mol. The molecule has 2 atom stereocenters. The van der Waals surface area contributed by atoms with Crippen molar-refractivity contribution >= 4 is 22.9 Å². The molecule has 3 rings (SSSR count). The predicted octanol–water partition coefficient (Wildman–Crippen LogP) is 5.33. The molecule has 0 radical (unpaired) electrons. The molecule has 0 bridgehead atoms. The van der Waals surface area contributed by atoms with E-state index in [1.165, 1.54) is 6.07 Å². The summed E-state index contributed by atoms with van der Waals surface area (Å²) in [6, 6.07) is 6.48. The van der Waals surface area contributed by atoms with Gasteiger partial charge in [-0.2, -0.15) is 0 Å². The first-order valence-corrected chi connectivity index (χ1v) is 11.2. The lowest BCUT2D eigenvalue weighted by Gasteiger charge is -2.43. The molecule has 180 valence electrons. The first-order valence-electron chi connectivity index (χ1n) is 11.2. The summed E-state index contributed by atoms with van der Waals surface area (Å²) in [6.07, 6.45) is -1.60. The first kappa shape index (κ1) is 24.8. The summed E-state index contributed by atoms with van der Waals surface area (Å²) >= 11 is 0. The lowest BCUT2D eigenvalue weighted by molar-refractivity contribution is -0.192. The fourth-order valence-corrected chi connectivity index (χ4v) is 3.91. The van der Waals surface area contributed by atoms with Crippen LogP contribution in [-0.2, 0) is 19.1 Å². The molecule has 1 aliphatic rings. The van der Waals surface area contributed by atoms with Crippen LogP contribution < -0.4 is 10.4 Å². The zero-order valence-corrected chi connectivity index (χ0v) is 20.7. The van der Waals surface area contributed by atoms with Crippen LogP contribution >= 0.6 is 0 Å². The van der Waals surface area contributed by atoms with Crippen LogP contribution in [0.1, 0.15) is 79.9 Å². The van der Waals surface area contributed by atoms with Gasteiger partial charge in [0.2, 0.25) is 0 Å². The van der Waals surface area contributed by atoms with Gasteiger partial charge in [-0.25, -0.2) is 4.79 Å². The Morgan fingerprint density at radius 2 is 1.45 bits per heavy atom. The van der Waals surface area contributed by atoms with E-state index in [1.807, 2.05) is 41.5 Å². The average molecular weight is 459 g/mol. The summed E-state index contributed by atoms with van der Waals surface area (Å²) in [6.45, 7) is 15.2. The van der Waals surface area contributed by atoms with E-state index >= 15 is 0 Å². The van der Waals surface area contributed by atoms with E-state index in [-0.39, 0.29) is 29.3 Å². The first-order chi connectivity index (χ1) is 15.1. The Morgan fingerprint density at radius 1 is 0.909 bits per heavy atom. The molecule has 1 aliphatic heterocycles. The van der Waals surface area contributed by atoms with E-state index in [0.717, 1.165) is 0 Å². The Kier molecular flexibility index (Phi) is 6.39. The minimum absolute atomic E-state index is 0.164. The van der Waals surface area contributed by atoms with Crippen molar-refractivity contribution in [3.8, 4) is 5.75 Å². The monoisotopic (exact) mass is 458 g/mol. The van der Waals surface area contributed by atoms with Gasteiger partial charge in [-0.1, -0.05) is 41.5 Å². The van der Waals surface area contributed by atoms with Crippen molar-refractivity contribution in [2.75, 3.05) is 0 Å². The number of rotatable bonds is 4. The van der Waals surface area contributed by atoms with E-state index in [9.17, 15) is 14.4 Å². The van der Waals surface area contributed by atoms with Crippen LogP contribution in [0.5, 0.6) is 5.75 Å². The number of benzene rings is 1. The van der Waals surface area contributed by atoms with Crippen molar-refractivity contribution in [2.24, 2.45) is 10.8 Å². The Bertz CT molecular complexity index is 1110. The number of esters is 2. The standard InChI is InChI=1S/C26H34O7/c1-24(2,3)13-18(28)31-22-20-16(11-9-15-10-12-17(27)30-21(15)20)33-26(7,8)23(22)32-19(29)14-25(4,5)6/h9-12,22-23H,13-14H2,1-8H3/t22-,23+/m0/s1. The zero-order chi connectivity index (χ0) is 24.8. The van der Waals surface area contributed by atoms with Crippen molar-refractivity contribution in [2.45, 2.75) is 86.0 Å². The maximum Gasteiger partial charge on any atom is 0.336 e. The topological polar surface area (TPSA) is 92.0 Å². The lowest BCUT2D eigenvalue weighted by atomic mass is 9.86. The van der Waals surface area contributed by atoms with E-state index in [1.54, 1.807) is 32.0 Å². The maximum atomic E-state index is 12.9. The second-order valence-corrected chi connectivity index (χ2v) is 11.7. The lowest BCUT2D eigenvalue weighted by Crippen LogP contribution is -2.52. The third-order valence-corrected chi connectivity index (χ3v) is 5.27. The highest BCUT2D eigenvalue weighted by Gasteiger charge is 2.50. The maximum absolute atomic E-state index is 12.9. The second-order valence-electron chi connectivity index (χ2n) is 11.7. The minimum atomic E-state index is -1.00. The van der Waals surface area contributed by atoms with Gasteiger partial charge in [0, 0.05) is 11.5 Å². The number of hydrogen-bond donors (Lipinski definition) is 0. The van der Waals surface area contributed by atoms with Crippen LogP contribution in [0.3, 0.4) is 0 Å². The van der Waals surface area contributed by atoms with Crippen LogP contribution in [0.2, 0.25) is 0 Å². The third kappa shape index (κ3) is 5.95. The normalized spacial score (nSPS) is 20.0. The van der Waals surface area contributed by atoms with Gasteiger partial charge >= 0.3 is 17.6 Å². The number of hydrogen-bond acceptors (Lipinski definition) is 7. The number of ether oxygens (including phenoxy) is 3. The number of carbonyl (C=O) groups is 2. The van der Waals surface area contributed by atoms with Gasteiger partial charge in [0.15, 0.2) is 12.2 Å². The minimum Gasteiger partial charge on any atom is -0.483 e. The van der Waals surface area contributed by atoms with Crippen molar-refractivity contribution < 1.29 is 28.2 Å². The van der Waals surface area contributed by atoms with Crippen LogP contribution in [0.15, 0.2) is 33.5 Å². The van der Waals surface area contributed by atoms with E-state index in [4.69, 9.17) is 18.6 Å². The second kappa shape index (κ2) is 8.50. The van der Waals surface area contributed by atoms with Crippen LogP contribution in [0.4, 0.5) is 0 Å². The molecule has 0 fully saturated rings. The van der Waals surface area contributed by atoms with E-state index in [2.05, 4.69) is 0 Å². The Labute approximate surface area is 194 Å².